The van der Waals surface area contributed by atoms with Gasteiger partial charge in [-0.3, -0.25) is 0 Å². The molecule has 0 bridgehead atoms. The quantitative estimate of drug-likeness (QED) is 0.724. The summed E-state index contributed by atoms with van der Waals surface area (Å²) < 4.78 is 2.04. The summed E-state index contributed by atoms with van der Waals surface area (Å²) in [6, 6.07) is 13.9. The van der Waals surface area contributed by atoms with Gasteiger partial charge in [0.05, 0.1) is 6.33 Å². The minimum Gasteiger partial charge on any atom is -0.381 e. The Morgan fingerprint density at radius 2 is 1.86 bits per heavy atom. The number of imidazole rings is 1. The van der Waals surface area contributed by atoms with Crippen LogP contribution in [0.2, 0.25) is 10.0 Å². The highest BCUT2D eigenvalue weighted by Crippen LogP contribution is 2.22. The molecule has 5 heteroatoms. The number of aromatic nitrogens is 2. The first kappa shape index (κ1) is 14.9. The molecule has 0 unspecified atom stereocenters. The lowest BCUT2D eigenvalue weighted by atomic mass is 10.2. The van der Waals surface area contributed by atoms with E-state index in [9.17, 15) is 0 Å². The molecule has 1 aromatic heterocycles. The second-order valence-corrected chi connectivity index (χ2v) is 5.86. The molecule has 0 saturated carbocycles. The van der Waals surface area contributed by atoms with Crippen LogP contribution in [0.1, 0.15) is 11.1 Å². The maximum absolute atomic E-state index is 6.17. The fraction of sp³-hybridized carbons (Fsp3) is 0.118. The monoisotopic (exact) mass is 331 g/mol. The molecule has 0 radical (unpaired) electrons. The molecule has 0 saturated heterocycles. The molecule has 22 heavy (non-hydrogen) atoms. The Morgan fingerprint density at radius 3 is 2.55 bits per heavy atom. The summed E-state index contributed by atoms with van der Waals surface area (Å²) >= 11 is 12.1. The van der Waals surface area contributed by atoms with E-state index < -0.39 is 0 Å². The summed E-state index contributed by atoms with van der Waals surface area (Å²) in [4.78, 5) is 4.04. The number of hydrogen-bond acceptors (Lipinski definition) is 2. The highest BCUT2D eigenvalue weighted by atomic mass is 35.5. The Kier molecular flexibility index (Phi) is 4.66. The predicted octanol–water partition coefficient (Wildman–Crippen LogP) is 4.85. The van der Waals surface area contributed by atoms with Gasteiger partial charge in [-0.2, -0.15) is 0 Å². The van der Waals surface area contributed by atoms with Crippen LogP contribution in [0.5, 0.6) is 0 Å². The predicted molar refractivity (Wildman–Crippen MR) is 91.6 cm³/mol. The maximum Gasteiger partial charge on any atom is 0.0949 e. The van der Waals surface area contributed by atoms with E-state index in [1.807, 2.05) is 29.2 Å². The van der Waals surface area contributed by atoms with Gasteiger partial charge < -0.3 is 9.88 Å². The third-order valence-corrected chi connectivity index (χ3v) is 3.96. The molecule has 0 fully saturated rings. The van der Waals surface area contributed by atoms with E-state index in [1.165, 1.54) is 5.56 Å². The third kappa shape index (κ3) is 3.81. The lowest BCUT2D eigenvalue weighted by molar-refractivity contribution is 0.797. The average Bonchev–Trinajstić information content (AvgIpc) is 3.01. The Bertz CT molecular complexity index is 737. The van der Waals surface area contributed by atoms with Crippen molar-refractivity contribution in [2.75, 3.05) is 5.32 Å². The summed E-state index contributed by atoms with van der Waals surface area (Å²) in [6.07, 6.45) is 5.55. The van der Waals surface area contributed by atoms with Crippen molar-refractivity contribution in [2.45, 2.75) is 13.1 Å². The van der Waals surface area contributed by atoms with Crippen LogP contribution in [-0.4, -0.2) is 9.55 Å². The first-order valence-corrected chi connectivity index (χ1v) is 7.69. The molecule has 1 N–H and O–H groups in total. The molecule has 0 amide bonds. The molecule has 0 aliphatic carbocycles. The fourth-order valence-electron chi connectivity index (χ4n) is 2.18. The van der Waals surface area contributed by atoms with E-state index in [4.69, 9.17) is 23.2 Å². The van der Waals surface area contributed by atoms with Crippen LogP contribution in [-0.2, 0) is 13.1 Å². The fourth-order valence-corrected chi connectivity index (χ4v) is 2.66. The van der Waals surface area contributed by atoms with Crippen molar-refractivity contribution < 1.29 is 0 Å². The third-order valence-electron chi connectivity index (χ3n) is 3.38. The van der Waals surface area contributed by atoms with Crippen LogP contribution in [0.15, 0.2) is 61.2 Å². The highest BCUT2D eigenvalue weighted by Gasteiger charge is 2.02. The zero-order valence-corrected chi connectivity index (χ0v) is 13.3. The molecule has 3 nitrogen and oxygen atoms in total. The zero-order valence-electron chi connectivity index (χ0n) is 11.8. The molecule has 2 aromatic carbocycles. The van der Waals surface area contributed by atoms with E-state index in [0.717, 1.165) is 17.8 Å². The number of rotatable bonds is 5. The van der Waals surface area contributed by atoms with Crippen LogP contribution < -0.4 is 5.32 Å². The number of nitrogens with one attached hydrogen (secondary N) is 1. The van der Waals surface area contributed by atoms with Crippen LogP contribution in [0.25, 0.3) is 0 Å². The summed E-state index contributed by atoms with van der Waals surface area (Å²) in [6.45, 7) is 1.49. The van der Waals surface area contributed by atoms with E-state index in [-0.39, 0.29) is 0 Å². The van der Waals surface area contributed by atoms with Gasteiger partial charge in [-0.05, 0) is 35.4 Å². The van der Waals surface area contributed by atoms with E-state index in [1.54, 1.807) is 12.3 Å². The number of anilines is 1. The smallest absolute Gasteiger partial charge is 0.0949 e. The lowest BCUT2D eigenvalue weighted by Gasteiger charge is -2.09. The van der Waals surface area contributed by atoms with Crippen molar-refractivity contribution >= 4 is 28.9 Å². The minimum atomic E-state index is 0.651. The second-order valence-electron chi connectivity index (χ2n) is 5.02. The first-order valence-electron chi connectivity index (χ1n) is 6.93. The van der Waals surface area contributed by atoms with Gasteiger partial charge in [-0.25, -0.2) is 4.98 Å². The van der Waals surface area contributed by atoms with Crippen LogP contribution in [0.4, 0.5) is 5.69 Å². The number of hydrogen-bond donors (Lipinski definition) is 1. The summed E-state index contributed by atoms with van der Waals surface area (Å²) in [5, 5.41) is 4.69. The zero-order chi connectivity index (χ0) is 15.4. The average molecular weight is 332 g/mol. The van der Waals surface area contributed by atoms with Gasteiger partial charge in [0.1, 0.15) is 0 Å². The standard InChI is InChI=1S/C17H15Cl2N3/c18-15-4-3-14(17(19)9-15)10-21-16-5-1-13(2-6-16)11-22-8-7-20-12-22/h1-9,12,21H,10-11H2. The van der Waals surface area contributed by atoms with E-state index >= 15 is 0 Å². The van der Waals surface area contributed by atoms with Crippen molar-refractivity contribution in [3.63, 3.8) is 0 Å². The van der Waals surface area contributed by atoms with Gasteiger partial charge in [0.15, 0.2) is 0 Å². The van der Waals surface area contributed by atoms with Crippen molar-refractivity contribution in [3.8, 4) is 0 Å². The van der Waals surface area contributed by atoms with Crippen molar-refractivity contribution in [1.82, 2.24) is 9.55 Å². The maximum atomic E-state index is 6.17. The van der Waals surface area contributed by atoms with E-state index in [2.05, 4.69) is 34.6 Å². The minimum absolute atomic E-state index is 0.651. The number of halogens is 2. The molecule has 0 spiro atoms. The molecule has 1 heterocycles. The first-order chi connectivity index (χ1) is 10.7. The molecular weight excluding hydrogens is 317 g/mol. The molecule has 3 aromatic rings. The summed E-state index contributed by atoms with van der Waals surface area (Å²) in [7, 11) is 0. The second kappa shape index (κ2) is 6.86. The molecular formula is C17H15Cl2N3. The topological polar surface area (TPSA) is 29.9 Å². The van der Waals surface area contributed by atoms with Gasteiger partial charge in [-0.1, -0.05) is 41.4 Å². The van der Waals surface area contributed by atoms with Crippen molar-refractivity contribution in [2.24, 2.45) is 0 Å². The lowest BCUT2D eigenvalue weighted by Crippen LogP contribution is -2.01. The Hall–Kier alpha value is -1.97. The summed E-state index contributed by atoms with van der Waals surface area (Å²) in [5.41, 5.74) is 3.31. The normalized spacial score (nSPS) is 10.6. The summed E-state index contributed by atoms with van der Waals surface area (Å²) in [5.74, 6) is 0. The van der Waals surface area contributed by atoms with Gasteiger partial charge >= 0.3 is 0 Å². The molecule has 112 valence electrons. The molecule has 0 atom stereocenters. The largest absolute Gasteiger partial charge is 0.381 e. The van der Waals surface area contributed by atoms with E-state index in [0.29, 0.717) is 16.6 Å². The highest BCUT2D eigenvalue weighted by molar-refractivity contribution is 6.35. The van der Waals surface area contributed by atoms with Gasteiger partial charge in [0, 0.05) is 41.2 Å². The van der Waals surface area contributed by atoms with Gasteiger partial charge in [0.2, 0.25) is 0 Å². The van der Waals surface area contributed by atoms with Gasteiger partial charge in [-0.15, -0.1) is 0 Å². The van der Waals surface area contributed by atoms with Crippen molar-refractivity contribution in [1.29, 1.82) is 0 Å². The Labute approximate surface area is 139 Å². The van der Waals surface area contributed by atoms with Gasteiger partial charge in [0.25, 0.3) is 0 Å². The Balaban J connectivity index is 1.61. The molecule has 3 rings (SSSR count). The van der Waals surface area contributed by atoms with Crippen LogP contribution >= 0.6 is 23.2 Å². The molecule has 0 aliphatic rings. The number of nitrogens with zero attached hydrogens (tertiary/aromatic N) is 2. The Morgan fingerprint density at radius 1 is 1.05 bits per heavy atom. The molecule has 0 aliphatic heterocycles. The van der Waals surface area contributed by atoms with Crippen molar-refractivity contribution in [3.05, 3.63) is 82.4 Å². The SMILES string of the molecule is Clc1ccc(CNc2ccc(Cn3ccnc3)cc2)c(Cl)c1. The van der Waals surface area contributed by atoms with Crippen LogP contribution in [0.3, 0.4) is 0 Å². The van der Waals surface area contributed by atoms with Crippen LogP contribution in [0, 0.1) is 0 Å². The number of benzene rings is 2.